The van der Waals surface area contributed by atoms with E-state index in [-0.39, 0.29) is 11.3 Å². The summed E-state index contributed by atoms with van der Waals surface area (Å²) in [5.74, 6) is -0.0549. The van der Waals surface area contributed by atoms with Crippen molar-refractivity contribution < 1.29 is 9.72 Å². The summed E-state index contributed by atoms with van der Waals surface area (Å²) in [5, 5.41) is 20.5. The predicted molar refractivity (Wildman–Crippen MR) is 78.4 cm³/mol. The van der Waals surface area contributed by atoms with E-state index < -0.39 is 10.8 Å². The van der Waals surface area contributed by atoms with Gasteiger partial charge in [-0.05, 0) is 19.1 Å². The summed E-state index contributed by atoms with van der Waals surface area (Å²) in [6.45, 7) is 2.39. The molecular formula is C13H15N5O3. The molecule has 0 aliphatic rings. The second-order valence-corrected chi connectivity index (χ2v) is 4.35. The molecule has 0 aliphatic carbocycles. The Bertz CT molecular complexity index is 680. The molecule has 0 aliphatic heterocycles. The van der Waals surface area contributed by atoms with E-state index in [2.05, 4.69) is 15.7 Å². The van der Waals surface area contributed by atoms with Crippen LogP contribution in [0.5, 0.6) is 0 Å². The number of carbonyl (C=O) groups excluding carboxylic acids is 1. The summed E-state index contributed by atoms with van der Waals surface area (Å²) >= 11 is 0. The van der Waals surface area contributed by atoms with Crippen LogP contribution in [-0.4, -0.2) is 27.2 Å². The Labute approximate surface area is 120 Å². The number of nitro groups is 1. The van der Waals surface area contributed by atoms with Gasteiger partial charge in [0.25, 0.3) is 11.6 Å². The van der Waals surface area contributed by atoms with Crippen LogP contribution in [0.15, 0.2) is 30.5 Å². The highest BCUT2D eigenvalue weighted by Gasteiger charge is 2.17. The van der Waals surface area contributed by atoms with Crippen molar-refractivity contribution >= 4 is 23.1 Å². The van der Waals surface area contributed by atoms with Gasteiger partial charge in [0.05, 0.1) is 4.92 Å². The number of nitro benzene ring substituents is 1. The zero-order valence-corrected chi connectivity index (χ0v) is 11.7. The normalized spacial score (nSPS) is 10.2. The van der Waals surface area contributed by atoms with Gasteiger partial charge < -0.3 is 10.6 Å². The fraction of sp³-hybridized carbons (Fsp3) is 0.231. The molecule has 1 heterocycles. The molecular weight excluding hydrogens is 274 g/mol. The van der Waals surface area contributed by atoms with Crippen molar-refractivity contribution in [2.24, 2.45) is 7.05 Å². The first-order valence-corrected chi connectivity index (χ1v) is 6.34. The molecule has 0 saturated heterocycles. The molecule has 2 N–H and O–H groups in total. The average molecular weight is 289 g/mol. The highest BCUT2D eigenvalue weighted by Crippen LogP contribution is 2.25. The third-order valence-corrected chi connectivity index (χ3v) is 2.78. The molecule has 8 nitrogen and oxygen atoms in total. The first-order chi connectivity index (χ1) is 10.0. The summed E-state index contributed by atoms with van der Waals surface area (Å²) < 4.78 is 1.55. The summed E-state index contributed by atoms with van der Waals surface area (Å²) in [5.41, 5.74) is 0.455. The van der Waals surface area contributed by atoms with Gasteiger partial charge in [-0.25, -0.2) is 0 Å². The topological polar surface area (TPSA) is 102 Å². The Morgan fingerprint density at radius 2 is 2.19 bits per heavy atom. The Morgan fingerprint density at radius 3 is 2.76 bits per heavy atom. The van der Waals surface area contributed by atoms with E-state index >= 15 is 0 Å². The molecule has 21 heavy (non-hydrogen) atoms. The van der Waals surface area contributed by atoms with E-state index in [0.717, 1.165) is 0 Å². The Hall–Kier alpha value is -2.90. The fourth-order valence-electron chi connectivity index (χ4n) is 1.83. The lowest BCUT2D eigenvalue weighted by molar-refractivity contribution is -0.384. The summed E-state index contributed by atoms with van der Waals surface area (Å²) in [6, 6.07) is 5.94. The van der Waals surface area contributed by atoms with Gasteiger partial charge in [0.2, 0.25) is 0 Å². The van der Waals surface area contributed by atoms with Crippen molar-refractivity contribution in [3.63, 3.8) is 0 Å². The maximum Gasteiger partial charge on any atom is 0.293 e. The van der Waals surface area contributed by atoms with Gasteiger partial charge in [-0.1, -0.05) is 0 Å². The van der Waals surface area contributed by atoms with Crippen molar-refractivity contribution in [3.8, 4) is 0 Å². The molecule has 0 bridgehead atoms. The zero-order chi connectivity index (χ0) is 15.4. The van der Waals surface area contributed by atoms with Gasteiger partial charge in [-0.2, -0.15) is 5.10 Å². The molecule has 2 rings (SSSR count). The van der Waals surface area contributed by atoms with Crippen LogP contribution in [0.2, 0.25) is 0 Å². The van der Waals surface area contributed by atoms with Crippen molar-refractivity contribution in [1.29, 1.82) is 0 Å². The number of carbonyl (C=O) groups is 1. The first kappa shape index (κ1) is 14.5. The molecule has 1 aromatic carbocycles. The maximum absolute atomic E-state index is 12.1. The van der Waals surface area contributed by atoms with E-state index in [4.69, 9.17) is 0 Å². The lowest BCUT2D eigenvalue weighted by atomic mass is 10.1. The number of benzene rings is 1. The first-order valence-electron chi connectivity index (χ1n) is 6.34. The standard InChI is InChI=1S/C13H15N5O3/c1-3-14-10-5-4-9(8-11(10)18(20)21)13(19)15-12-6-7-17(2)16-12/h4-8,14H,3H2,1-2H3,(H,15,16,19). The summed E-state index contributed by atoms with van der Waals surface area (Å²) in [7, 11) is 1.73. The van der Waals surface area contributed by atoms with Crippen LogP contribution in [0.3, 0.4) is 0 Å². The van der Waals surface area contributed by atoms with Crippen molar-refractivity contribution in [2.75, 3.05) is 17.2 Å². The van der Waals surface area contributed by atoms with Crippen LogP contribution in [0, 0.1) is 10.1 Å². The quantitative estimate of drug-likeness (QED) is 0.647. The minimum Gasteiger partial charge on any atom is -0.380 e. The summed E-state index contributed by atoms with van der Waals surface area (Å²) in [4.78, 5) is 22.6. The predicted octanol–water partition coefficient (Wildman–Crippen LogP) is 2.01. The number of amides is 1. The van der Waals surface area contributed by atoms with Crippen LogP contribution >= 0.6 is 0 Å². The molecule has 2 aromatic rings. The van der Waals surface area contributed by atoms with Crippen LogP contribution in [0.25, 0.3) is 0 Å². The molecule has 8 heteroatoms. The third kappa shape index (κ3) is 3.35. The minimum atomic E-state index is -0.518. The van der Waals surface area contributed by atoms with Crippen molar-refractivity contribution in [3.05, 3.63) is 46.1 Å². The smallest absolute Gasteiger partial charge is 0.293 e. The summed E-state index contributed by atoms with van der Waals surface area (Å²) in [6.07, 6.45) is 1.69. The molecule has 0 unspecified atom stereocenters. The Kier molecular flexibility index (Phi) is 4.17. The van der Waals surface area contributed by atoms with E-state index in [1.165, 1.54) is 18.2 Å². The van der Waals surface area contributed by atoms with Gasteiger partial charge in [0.1, 0.15) is 5.69 Å². The molecule has 0 saturated carbocycles. The van der Waals surface area contributed by atoms with E-state index in [1.807, 2.05) is 6.92 Å². The van der Waals surface area contributed by atoms with Gasteiger partial charge >= 0.3 is 0 Å². The number of nitrogens with one attached hydrogen (secondary N) is 2. The lowest BCUT2D eigenvalue weighted by Gasteiger charge is -2.07. The van der Waals surface area contributed by atoms with E-state index in [1.54, 1.807) is 24.0 Å². The van der Waals surface area contributed by atoms with Gasteiger partial charge in [0, 0.05) is 37.5 Å². The lowest BCUT2D eigenvalue weighted by Crippen LogP contribution is -2.13. The van der Waals surface area contributed by atoms with Crippen molar-refractivity contribution in [1.82, 2.24) is 9.78 Å². The van der Waals surface area contributed by atoms with Gasteiger partial charge in [-0.3, -0.25) is 19.6 Å². The highest BCUT2D eigenvalue weighted by atomic mass is 16.6. The number of aromatic nitrogens is 2. The number of nitrogens with zero attached hydrogens (tertiary/aromatic N) is 3. The zero-order valence-electron chi connectivity index (χ0n) is 11.7. The van der Waals surface area contributed by atoms with Gasteiger partial charge in [-0.15, -0.1) is 0 Å². The minimum absolute atomic E-state index is 0.134. The second kappa shape index (κ2) is 6.04. The van der Waals surface area contributed by atoms with Crippen LogP contribution in [0.4, 0.5) is 17.2 Å². The largest absolute Gasteiger partial charge is 0.380 e. The van der Waals surface area contributed by atoms with Crippen LogP contribution in [-0.2, 0) is 7.05 Å². The molecule has 0 fully saturated rings. The Morgan fingerprint density at radius 1 is 1.43 bits per heavy atom. The molecule has 1 amide bonds. The number of hydrogen-bond acceptors (Lipinski definition) is 5. The van der Waals surface area contributed by atoms with E-state index in [0.29, 0.717) is 18.1 Å². The Balaban J connectivity index is 2.25. The highest BCUT2D eigenvalue weighted by molar-refractivity contribution is 6.04. The molecule has 1 aromatic heterocycles. The monoisotopic (exact) mass is 289 g/mol. The number of anilines is 2. The number of hydrogen-bond donors (Lipinski definition) is 2. The van der Waals surface area contributed by atoms with Crippen LogP contribution in [0.1, 0.15) is 17.3 Å². The van der Waals surface area contributed by atoms with Crippen molar-refractivity contribution in [2.45, 2.75) is 6.92 Å². The molecule has 0 radical (unpaired) electrons. The third-order valence-electron chi connectivity index (χ3n) is 2.78. The molecule has 0 spiro atoms. The number of rotatable bonds is 5. The maximum atomic E-state index is 12.1. The van der Waals surface area contributed by atoms with Gasteiger partial charge in [0.15, 0.2) is 5.82 Å². The number of aryl methyl sites for hydroxylation is 1. The average Bonchev–Trinajstić information content (AvgIpc) is 2.84. The SMILES string of the molecule is CCNc1ccc(C(=O)Nc2ccn(C)n2)cc1[N+](=O)[O-]. The second-order valence-electron chi connectivity index (χ2n) is 4.35. The van der Waals surface area contributed by atoms with E-state index in [9.17, 15) is 14.9 Å². The molecule has 110 valence electrons. The molecule has 0 atom stereocenters. The van der Waals surface area contributed by atoms with Crippen LogP contribution < -0.4 is 10.6 Å². The fourth-order valence-corrected chi connectivity index (χ4v) is 1.83.